The van der Waals surface area contributed by atoms with E-state index < -0.39 is 6.09 Å². The number of amides is 1. The summed E-state index contributed by atoms with van der Waals surface area (Å²) in [7, 11) is 1.92. The maximum absolute atomic E-state index is 11.1. The first-order chi connectivity index (χ1) is 17.3. The number of nitrogens with zero attached hydrogens (tertiary/aromatic N) is 7. The van der Waals surface area contributed by atoms with Crippen molar-refractivity contribution in [2.45, 2.75) is 26.8 Å². The number of H-pyrrole nitrogens is 1. The van der Waals surface area contributed by atoms with Crippen molar-refractivity contribution in [3.05, 3.63) is 47.9 Å². The van der Waals surface area contributed by atoms with Crippen LogP contribution in [-0.4, -0.2) is 76.9 Å². The zero-order chi connectivity index (χ0) is 25.2. The Labute approximate surface area is 209 Å². The fourth-order valence-corrected chi connectivity index (χ4v) is 4.47. The first-order valence-corrected chi connectivity index (χ1v) is 12.2. The van der Waals surface area contributed by atoms with Gasteiger partial charge in [-0.3, -0.25) is 4.90 Å². The molecule has 3 aromatic heterocycles. The number of hydrogen-bond donors (Lipinski definition) is 3. The molecule has 1 aliphatic heterocycles. The minimum atomic E-state index is -0.851. The number of piperazine rings is 1. The summed E-state index contributed by atoms with van der Waals surface area (Å²) in [4.78, 5) is 32.0. The standard InChI is InChI=1S/C25H31N9O2/c1-16(2)12-22-29-23(32(3)31-22)18-4-5-19-20(14-18)28-24(27-19)30-21-13-17(6-7-26-21)15-33-8-10-34(11-9-33)25(35)36/h4-7,13-14,16H,8-12,15H2,1-3H3,(H,35,36)(H2,26,27,28,30). The molecule has 0 saturated carbocycles. The molecule has 1 aromatic carbocycles. The summed E-state index contributed by atoms with van der Waals surface area (Å²) in [6, 6.07) is 10.0. The predicted octanol–water partition coefficient (Wildman–Crippen LogP) is 3.49. The monoisotopic (exact) mass is 489 g/mol. The summed E-state index contributed by atoms with van der Waals surface area (Å²) in [5, 5.41) is 17.0. The second kappa shape index (κ2) is 9.94. The number of carbonyl (C=O) groups is 1. The fraction of sp³-hybridized carbons (Fsp3) is 0.400. The van der Waals surface area contributed by atoms with Crippen LogP contribution in [-0.2, 0) is 20.0 Å². The topological polar surface area (TPSA) is 128 Å². The van der Waals surface area contributed by atoms with E-state index in [9.17, 15) is 4.79 Å². The van der Waals surface area contributed by atoms with Crippen molar-refractivity contribution in [1.82, 2.24) is 39.5 Å². The largest absolute Gasteiger partial charge is 0.465 e. The Kier molecular flexibility index (Phi) is 6.55. The Morgan fingerprint density at radius 3 is 2.69 bits per heavy atom. The van der Waals surface area contributed by atoms with Gasteiger partial charge in [0.15, 0.2) is 11.6 Å². The zero-order valence-corrected chi connectivity index (χ0v) is 20.8. The van der Waals surface area contributed by atoms with Gasteiger partial charge in [0.1, 0.15) is 5.82 Å². The van der Waals surface area contributed by atoms with Gasteiger partial charge in [-0.25, -0.2) is 24.4 Å². The number of imidazole rings is 1. The highest BCUT2D eigenvalue weighted by Crippen LogP contribution is 2.24. The maximum atomic E-state index is 11.1. The number of fused-ring (bicyclic) bond motifs is 1. The molecule has 5 rings (SSSR count). The lowest BCUT2D eigenvalue weighted by atomic mass is 10.1. The van der Waals surface area contributed by atoms with Crippen LogP contribution in [0, 0.1) is 5.92 Å². The average molecular weight is 490 g/mol. The van der Waals surface area contributed by atoms with Gasteiger partial charge in [0, 0.05) is 58.0 Å². The number of benzene rings is 1. The van der Waals surface area contributed by atoms with Crippen LogP contribution < -0.4 is 5.32 Å². The predicted molar refractivity (Wildman–Crippen MR) is 137 cm³/mol. The number of pyridine rings is 1. The number of aryl methyl sites for hydroxylation is 1. The third-order valence-electron chi connectivity index (χ3n) is 6.26. The lowest BCUT2D eigenvalue weighted by molar-refractivity contribution is 0.103. The van der Waals surface area contributed by atoms with Crippen LogP contribution >= 0.6 is 0 Å². The minimum absolute atomic E-state index is 0.498. The average Bonchev–Trinajstić information content (AvgIpc) is 3.40. The van der Waals surface area contributed by atoms with Gasteiger partial charge in [-0.05, 0) is 41.8 Å². The maximum Gasteiger partial charge on any atom is 0.407 e. The molecule has 1 amide bonds. The number of rotatable bonds is 7. The molecule has 188 valence electrons. The van der Waals surface area contributed by atoms with Gasteiger partial charge in [-0.1, -0.05) is 13.8 Å². The second-order valence-electron chi connectivity index (χ2n) is 9.61. The van der Waals surface area contributed by atoms with Crippen molar-refractivity contribution in [3.63, 3.8) is 0 Å². The van der Waals surface area contributed by atoms with E-state index in [1.165, 1.54) is 4.90 Å². The number of carboxylic acid groups (broad SMARTS) is 1. The molecule has 11 nitrogen and oxygen atoms in total. The van der Waals surface area contributed by atoms with E-state index in [4.69, 9.17) is 10.1 Å². The number of aromatic nitrogens is 6. The summed E-state index contributed by atoms with van der Waals surface area (Å²) in [6.45, 7) is 7.55. The molecule has 0 atom stereocenters. The van der Waals surface area contributed by atoms with Gasteiger partial charge >= 0.3 is 6.09 Å². The molecule has 1 saturated heterocycles. The van der Waals surface area contributed by atoms with Gasteiger partial charge in [-0.15, -0.1) is 0 Å². The summed E-state index contributed by atoms with van der Waals surface area (Å²) in [6.07, 6.45) is 1.77. The van der Waals surface area contributed by atoms with Crippen LogP contribution in [0.15, 0.2) is 36.5 Å². The molecular weight excluding hydrogens is 458 g/mol. The van der Waals surface area contributed by atoms with Crippen LogP contribution in [0.1, 0.15) is 25.2 Å². The molecule has 0 spiro atoms. The Morgan fingerprint density at radius 1 is 1.14 bits per heavy atom. The van der Waals surface area contributed by atoms with E-state index in [-0.39, 0.29) is 0 Å². The fourth-order valence-electron chi connectivity index (χ4n) is 4.47. The molecule has 0 aliphatic carbocycles. The molecule has 3 N–H and O–H groups in total. The van der Waals surface area contributed by atoms with E-state index in [0.717, 1.165) is 46.8 Å². The van der Waals surface area contributed by atoms with E-state index in [2.05, 4.69) is 44.1 Å². The number of anilines is 2. The minimum Gasteiger partial charge on any atom is -0.465 e. The third kappa shape index (κ3) is 5.30. The highest BCUT2D eigenvalue weighted by Gasteiger charge is 2.20. The summed E-state index contributed by atoms with van der Waals surface area (Å²) < 4.78 is 1.82. The first kappa shape index (κ1) is 23.7. The van der Waals surface area contributed by atoms with Crippen LogP contribution in [0.2, 0.25) is 0 Å². The van der Waals surface area contributed by atoms with Gasteiger partial charge < -0.3 is 20.3 Å². The lowest BCUT2D eigenvalue weighted by Crippen LogP contribution is -2.47. The van der Waals surface area contributed by atoms with Crippen LogP contribution in [0.4, 0.5) is 16.6 Å². The molecule has 11 heteroatoms. The highest BCUT2D eigenvalue weighted by molar-refractivity contribution is 5.82. The molecule has 0 unspecified atom stereocenters. The molecule has 1 fully saturated rings. The first-order valence-electron chi connectivity index (χ1n) is 12.2. The van der Waals surface area contributed by atoms with Crippen molar-refractivity contribution in [3.8, 4) is 11.4 Å². The van der Waals surface area contributed by atoms with E-state index >= 15 is 0 Å². The molecule has 0 radical (unpaired) electrons. The smallest absolute Gasteiger partial charge is 0.407 e. The highest BCUT2D eigenvalue weighted by atomic mass is 16.4. The van der Waals surface area contributed by atoms with Crippen LogP contribution in [0.25, 0.3) is 22.4 Å². The summed E-state index contributed by atoms with van der Waals surface area (Å²) >= 11 is 0. The van der Waals surface area contributed by atoms with Crippen molar-refractivity contribution in [2.24, 2.45) is 13.0 Å². The summed E-state index contributed by atoms with van der Waals surface area (Å²) in [5.74, 6) is 3.49. The second-order valence-corrected chi connectivity index (χ2v) is 9.61. The Bertz CT molecular complexity index is 1370. The molecule has 0 bridgehead atoms. The third-order valence-corrected chi connectivity index (χ3v) is 6.26. The van der Waals surface area contributed by atoms with E-state index in [1.807, 2.05) is 42.1 Å². The van der Waals surface area contributed by atoms with E-state index in [0.29, 0.717) is 43.9 Å². The summed E-state index contributed by atoms with van der Waals surface area (Å²) in [5.41, 5.74) is 3.83. The van der Waals surface area contributed by atoms with E-state index in [1.54, 1.807) is 6.20 Å². The molecular formula is C25H31N9O2. The molecule has 4 heterocycles. The Morgan fingerprint density at radius 2 is 1.94 bits per heavy atom. The van der Waals surface area contributed by atoms with Crippen molar-refractivity contribution < 1.29 is 9.90 Å². The number of aromatic amines is 1. The zero-order valence-electron chi connectivity index (χ0n) is 20.8. The Hall–Kier alpha value is -3.99. The molecule has 4 aromatic rings. The number of hydrogen-bond acceptors (Lipinski definition) is 7. The van der Waals surface area contributed by atoms with Crippen molar-refractivity contribution >= 4 is 28.9 Å². The molecule has 36 heavy (non-hydrogen) atoms. The van der Waals surface area contributed by atoms with Gasteiger partial charge in [0.05, 0.1) is 11.0 Å². The van der Waals surface area contributed by atoms with Gasteiger partial charge in [-0.2, -0.15) is 5.10 Å². The lowest BCUT2D eigenvalue weighted by Gasteiger charge is -2.33. The normalized spacial score (nSPS) is 14.6. The van der Waals surface area contributed by atoms with Gasteiger partial charge in [0.2, 0.25) is 5.95 Å². The Balaban J connectivity index is 1.28. The quantitative estimate of drug-likeness (QED) is 0.360. The molecule has 1 aliphatic rings. The van der Waals surface area contributed by atoms with Crippen LogP contribution in [0.3, 0.4) is 0 Å². The SMILES string of the molecule is CC(C)Cc1nc(-c2ccc3nc(Nc4cc(CN5CCN(C(=O)O)CC5)ccn4)[nH]c3c2)n(C)n1. The van der Waals surface area contributed by atoms with Crippen molar-refractivity contribution in [1.29, 1.82) is 0 Å². The van der Waals surface area contributed by atoms with Gasteiger partial charge in [0.25, 0.3) is 0 Å². The van der Waals surface area contributed by atoms with Crippen LogP contribution in [0.5, 0.6) is 0 Å². The number of nitrogens with one attached hydrogen (secondary N) is 2. The van der Waals surface area contributed by atoms with Crippen molar-refractivity contribution in [2.75, 3.05) is 31.5 Å².